The summed E-state index contributed by atoms with van der Waals surface area (Å²) in [5.74, 6) is 0.671. The number of rotatable bonds is 4. The number of aryl methyl sites for hydroxylation is 1. The zero-order valence-corrected chi connectivity index (χ0v) is 10.6. The summed E-state index contributed by atoms with van der Waals surface area (Å²) in [6, 6.07) is 4.96. The van der Waals surface area contributed by atoms with E-state index >= 15 is 0 Å². The Balaban J connectivity index is 1.97. The van der Waals surface area contributed by atoms with Crippen molar-refractivity contribution in [3.8, 4) is 0 Å². The monoisotopic (exact) mass is 246 g/mol. The maximum atomic E-state index is 10.6. The van der Waals surface area contributed by atoms with Gasteiger partial charge in [0.15, 0.2) is 0 Å². The minimum absolute atomic E-state index is 0.152. The van der Waals surface area contributed by atoms with Gasteiger partial charge in [0, 0.05) is 24.4 Å². The molecule has 0 saturated carbocycles. The summed E-state index contributed by atoms with van der Waals surface area (Å²) in [5, 5.41) is 14.0. The Morgan fingerprint density at radius 1 is 1.44 bits per heavy atom. The van der Waals surface area contributed by atoms with Crippen LogP contribution in [0.2, 0.25) is 0 Å². The Morgan fingerprint density at radius 3 is 2.89 bits per heavy atom. The van der Waals surface area contributed by atoms with Gasteiger partial charge in [-0.1, -0.05) is 12.2 Å². The lowest BCUT2D eigenvalue weighted by Gasteiger charge is -2.19. The largest absolute Gasteiger partial charge is 0.385 e. The van der Waals surface area contributed by atoms with E-state index in [1.54, 1.807) is 18.2 Å². The molecule has 96 valence electrons. The fourth-order valence-corrected chi connectivity index (χ4v) is 2.26. The van der Waals surface area contributed by atoms with E-state index in [4.69, 9.17) is 0 Å². The molecule has 1 aliphatic carbocycles. The molecule has 4 heteroatoms. The number of nitro benzene ring substituents is 1. The highest BCUT2D eigenvalue weighted by Crippen LogP contribution is 2.23. The molecule has 1 aliphatic rings. The van der Waals surface area contributed by atoms with E-state index in [0.29, 0.717) is 5.92 Å². The molecule has 0 heterocycles. The topological polar surface area (TPSA) is 55.2 Å². The molecule has 2 rings (SSSR count). The molecule has 1 N–H and O–H groups in total. The molecule has 1 unspecified atom stereocenters. The van der Waals surface area contributed by atoms with Crippen LogP contribution < -0.4 is 5.32 Å². The SMILES string of the molecule is Cc1cc([N+](=O)[O-])ccc1NCC1CC=CCC1. The molecule has 0 aromatic heterocycles. The molecule has 0 aliphatic heterocycles. The molecular formula is C14H18N2O2. The van der Waals surface area contributed by atoms with E-state index in [0.717, 1.165) is 30.6 Å². The first kappa shape index (κ1) is 12.6. The van der Waals surface area contributed by atoms with Crippen molar-refractivity contribution in [2.75, 3.05) is 11.9 Å². The molecule has 0 amide bonds. The molecule has 1 aromatic carbocycles. The lowest BCUT2D eigenvalue weighted by atomic mass is 9.94. The standard InChI is InChI=1S/C14H18N2O2/c1-11-9-13(16(17)18)7-8-14(11)15-10-12-5-3-2-4-6-12/h2-3,7-9,12,15H,4-6,10H2,1H3. The first-order chi connectivity index (χ1) is 8.66. The van der Waals surface area contributed by atoms with Crippen molar-refractivity contribution in [2.45, 2.75) is 26.2 Å². The fourth-order valence-electron chi connectivity index (χ4n) is 2.26. The number of hydrogen-bond acceptors (Lipinski definition) is 3. The van der Waals surface area contributed by atoms with Gasteiger partial charge in [-0.25, -0.2) is 0 Å². The third-order valence-electron chi connectivity index (χ3n) is 3.38. The predicted octanol–water partition coefficient (Wildman–Crippen LogP) is 3.67. The van der Waals surface area contributed by atoms with Crippen LogP contribution in [-0.2, 0) is 0 Å². The molecule has 1 atom stereocenters. The maximum Gasteiger partial charge on any atom is 0.269 e. The van der Waals surface area contributed by atoms with Gasteiger partial charge in [-0.15, -0.1) is 0 Å². The van der Waals surface area contributed by atoms with E-state index in [1.807, 2.05) is 6.92 Å². The van der Waals surface area contributed by atoms with Crippen molar-refractivity contribution < 1.29 is 4.92 Å². The zero-order valence-electron chi connectivity index (χ0n) is 10.6. The van der Waals surface area contributed by atoms with Crippen LogP contribution in [0.4, 0.5) is 11.4 Å². The number of nitrogens with one attached hydrogen (secondary N) is 1. The molecule has 0 radical (unpaired) electrons. The van der Waals surface area contributed by atoms with Gasteiger partial charge in [-0.05, 0) is 43.7 Å². The molecule has 0 fully saturated rings. The number of nitrogens with zero attached hydrogens (tertiary/aromatic N) is 1. The first-order valence-electron chi connectivity index (χ1n) is 6.30. The highest BCUT2D eigenvalue weighted by atomic mass is 16.6. The Morgan fingerprint density at radius 2 is 2.28 bits per heavy atom. The van der Waals surface area contributed by atoms with Crippen molar-refractivity contribution >= 4 is 11.4 Å². The van der Waals surface area contributed by atoms with Crippen LogP contribution in [0.5, 0.6) is 0 Å². The quantitative estimate of drug-likeness (QED) is 0.501. The van der Waals surface area contributed by atoms with Crippen molar-refractivity contribution in [1.82, 2.24) is 0 Å². The summed E-state index contributed by atoms with van der Waals surface area (Å²) in [6.07, 6.45) is 7.96. The molecule has 18 heavy (non-hydrogen) atoms. The molecular weight excluding hydrogens is 228 g/mol. The predicted molar refractivity (Wildman–Crippen MR) is 72.8 cm³/mol. The highest BCUT2D eigenvalue weighted by Gasteiger charge is 2.11. The van der Waals surface area contributed by atoms with Crippen molar-refractivity contribution in [3.05, 3.63) is 46.0 Å². The Hall–Kier alpha value is -1.84. The summed E-state index contributed by atoms with van der Waals surface area (Å²) in [7, 11) is 0. The molecule has 1 aromatic rings. The van der Waals surface area contributed by atoms with Gasteiger partial charge >= 0.3 is 0 Å². The third kappa shape index (κ3) is 3.09. The van der Waals surface area contributed by atoms with Crippen molar-refractivity contribution in [1.29, 1.82) is 0 Å². The van der Waals surface area contributed by atoms with Crippen LogP contribution in [0.3, 0.4) is 0 Å². The molecule has 4 nitrogen and oxygen atoms in total. The number of nitro groups is 1. The van der Waals surface area contributed by atoms with Crippen LogP contribution in [0.1, 0.15) is 24.8 Å². The van der Waals surface area contributed by atoms with E-state index in [-0.39, 0.29) is 10.6 Å². The van der Waals surface area contributed by atoms with Gasteiger partial charge in [0.1, 0.15) is 0 Å². The Kier molecular flexibility index (Phi) is 3.97. The van der Waals surface area contributed by atoms with Gasteiger partial charge < -0.3 is 5.32 Å². The number of benzene rings is 1. The first-order valence-corrected chi connectivity index (χ1v) is 6.30. The summed E-state index contributed by atoms with van der Waals surface area (Å²) in [4.78, 5) is 10.3. The normalized spacial score (nSPS) is 18.6. The average molecular weight is 246 g/mol. The van der Waals surface area contributed by atoms with Gasteiger partial charge in [-0.3, -0.25) is 10.1 Å². The van der Waals surface area contributed by atoms with Crippen LogP contribution in [0, 0.1) is 23.0 Å². The van der Waals surface area contributed by atoms with Gasteiger partial charge in [-0.2, -0.15) is 0 Å². The average Bonchev–Trinajstić information content (AvgIpc) is 2.38. The van der Waals surface area contributed by atoms with E-state index < -0.39 is 0 Å². The molecule has 0 bridgehead atoms. The minimum Gasteiger partial charge on any atom is -0.385 e. The highest BCUT2D eigenvalue weighted by molar-refractivity contribution is 5.55. The summed E-state index contributed by atoms with van der Waals surface area (Å²) in [6.45, 7) is 2.83. The third-order valence-corrected chi connectivity index (χ3v) is 3.38. The van der Waals surface area contributed by atoms with Gasteiger partial charge in [0.25, 0.3) is 5.69 Å². The van der Waals surface area contributed by atoms with Crippen molar-refractivity contribution in [2.24, 2.45) is 5.92 Å². The second-order valence-electron chi connectivity index (χ2n) is 4.79. The van der Waals surface area contributed by atoms with Crippen LogP contribution in [0.25, 0.3) is 0 Å². The van der Waals surface area contributed by atoms with Crippen molar-refractivity contribution in [3.63, 3.8) is 0 Å². The van der Waals surface area contributed by atoms with E-state index in [9.17, 15) is 10.1 Å². The summed E-state index contributed by atoms with van der Waals surface area (Å²) in [5.41, 5.74) is 2.07. The van der Waals surface area contributed by atoms with Crippen LogP contribution in [0.15, 0.2) is 30.4 Å². The van der Waals surface area contributed by atoms with Crippen LogP contribution in [-0.4, -0.2) is 11.5 Å². The summed E-state index contributed by atoms with van der Waals surface area (Å²) >= 11 is 0. The smallest absolute Gasteiger partial charge is 0.269 e. The summed E-state index contributed by atoms with van der Waals surface area (Å²) < 4.78 is 0. The van der Waals surface area contributed by atoms with Gasteiger partial charge in [0.05, 0.1) is 4.92 Å². The molecule has 0 saturated heterocycles. The lowest BCUT2D eigenvalue weighted by molar-refractivity contribution is -0.384. The maximum absolute atomic E-state index is 10.6. The van der Waals surface area contributed by atoms with Crippen LogP contribution >= 0.6 is 0 Å². The second kappa shape index (κ2) is 5.67. The second-order valence-corrected chi connectivity index (χ2v) is 4.79. The Bertz CT molecular complexity index is 469. The lowest BCUT2D eigenvalue weighted by Crippen LogP contribution is -2.15. The fraction of sp³-hybridized carbons (Fsp3) is 0.429. The van der Waals surface area contributed by atoms with E-state index in [2.05, 4.69) is 17.5 Å². The number of non-ortho nitro benzene ring substituents is 1. The number of allylic oxidation sites excluding steroid dienone is 2. The minimum atomic E-state index is -0.358. The van der Waals surface area contributed by atoms with E-state index in [1.165, 1.54) is 6.42 Å². The Labute approximate surface area is 107 Å². The number of hydrogen-bond donors (Lipinski definition) is 1. The zero-order chi connectivity index (χ0) is 13.0. The molecule has 0 spiro atoms. The number of anilines is 1. The van der Waals surface area contributed by atoms with Gasteiger partial charge in [0.2, 0.25) is 0 Å².